The Balaban J connectivity index is 1.94. The molecule has 2 aromatic rings. The molecule has 2 atom stereocenters. The zero-order valence-corrected chi connectivity index (χ0v) is 21.8. The van der Waals surface area contributed by atoms with E-state index in [1.54, 1.807) is 45.9 Å². The molecule has 0 radical (unpaired) electrons. The van der Waals surface area contributed by atoms with Crippen LogP contribution in [0.2, 0.25) is 5.02 Å². The minimum atomic E-state index is -5.09. The molecule has 0 spiro atoms. The Morgan fingerprint density at radius 1 is 0.974 bits per heavy atom. The van der Waals surface area contributed by atoms with Crippen molar-refractivity contribution in [2.24, 2.45) is 0 Å². The summed E-state index contributed by atoms with van der Waals surface area (Å²) in [5.74, 6) is -1.66. The number of piperidine rings is 1. The van der Waals surface area contributed by atoms with Gasteiger partial charge in [-0.1, -0.05) is 23.7 Å². The molecule has 1 fully saturated rings. The Bertz CT molecular complexity index is 1170. The number of rotatable bonds is 3. The van der Waals surface area contributed by atoms with Gasteiger partial charge in [0.05, 0.1) is 11.1 Å². The van der Waals surface area contributed by atoms with Gasteiger partial charge in [-0.2, -0.15) is 26.3 Å². The summed E-state index contributed by atoms with van der Waals surface area (Å²) >= 11 is 6.28. The number of halogens is 7. The fraction of sp³-hybridized carbons (Fsp3) is 0.462. The van der Waals surface area contributed by atoms with E-state index in [2.05, 4.69) is 5.32 Å². The van der Waals surface area contributed by atoms with Crippen molar-refractivity contribution < 1.29 is 40.7 Å². The number of hydrogen-bond donors (Lipinski definition) is 1. The van der Waals surface area contributed by atoms with Crippen LogP contribution in [0.1, 0.15) is 65.7 Å². The number of likely N-dealkylation sites (tertiary alicyclic amines) is 1. The summed E-state index contributed by atoms with van der Waals surface area (Å²) in [5.41, 5.74) is -3.29. The standard InChI is InChI=1S/C26H27ClF6N2O3/c1-14-5-6-15(11-20(14)27)19-13-35(23(37)38-24(2,3)4)8-7-21(19)34-22(36)16-9-17(25(28,29)30)12-18(10-16)26(31,32)33/h5-6,9-12,19,21H,7-8,13H2,1-4H3,(H,34,36)/t19-,21+/m0/s1. The fourth-order valence-corrected chi connectivity index (χ4v) is 4.32. The van der Waals surface area contributed by atoms with Gasteiger partial charge in [-0.15, -0.1) is 0 Å². The SMILES string of the molecule is Cc1ccc([C@@H]2CN(C(=O)OC(C)(C)C)CC[C@H]2NC(=O)c2cc(C(F)(F)F)cc(C(F)(F)F)c2)cc1Cl. The van der Waals surface area contributed by atoms with Gasteiger partial charge in [0.1, 0.15) is 5.60 Å². The summed E-state index contributed by atoms with van der Waals surface area (Å²) in [6.45, 7) is 7.13. The van der Waals surface area contributed by atoms with Crippen LogP contribution in [0.15, 0.2) is 36.4 Å². The second-order valence-electron chi connectivity index (χ2n) is 10.2. The van der Waals surface area contributed by atoms with E-state index in [1.807, 2.05) is 0 Å². The number of carbonyl (C=O) groups excluding carboxylic acids is 2. The maximum atomic E-state index is 13.3. The maximum Gasteiger partial charge on any atom is 0.416 e. The lowest BCUT2D eigenvalue weighted by molar-refractivity contribution is -0.143. The zero-order chi connectivity index (χ0) is 28.6. The molecule has 1 aliphatic rings. The molecule has 38 heavy (non-hydrogen) atoms. The van der Waals surface area contributed by atoms with E-state index in [-0.39, 0.29) is 25.6 Å². The molecule has 1 N–H and O–H groups in total. The normalized spacial score (nSPS) is 18.8. The fourth-order valence-electron chi connectivity index (χ4n) is 4.13. The molecule has 0 aromatic heterocycles. The van der Waals surface area contributed by atoms with E-state index < -0.39 is 58.6 Å². The van der Waals surface area contributed by atoms with E-state index in [0.717, 1.165) is 5.56 Å². The highest BCUT2D eigenvalue weighted by atomic mass is 35.5. The lowest BCUT2D eigenvalue weighted by atomic mass is 9.85. The van der Waals surface area contributed by atoms with Gasteiger partial charge in [0, 0.05) is 35.6 Å². The number of ether oxygens (including phenoxy) is 1. The van der Waals surface area contributed by atoms with Crippen LogP contribution in [0.5, 0.6) is 0 Å². The van der Waals surface area contributed by atoms with Crippen LogP contribution >= 0.6 is 11.6 Å². The van der Waals surface area contributed by atoms with Crippen LogP contribution in [-0.4, -0.2) is 41.6 Å². The molecule has 12 heteroatoms. The highest BCUT2D eigenvalue weighted by molar-refractivity contribution is 6.31. The summed E-state index contributed by atoms with van der Waals surface area (Å²) in [6, 6.07) is 5.17. The molecule has 0 aliphatic carbocycles. The molecule has 5 nitrogen and oxygen atoms in total. The zero-order valence-electron chi connectivity index (χ0n) is 21.1. The highest BCUT2D eigenvalue weighted by Gasteiger charge is 2.39. The number of hydrogen-bond acceptors (Lipinski definition) is 3. The predicted molar refractivity (Wildman–Crippen MR) is 129 cm³/mol. The molecule has 0 bridgehead atoms. The smallest absolute Gasteiger partial charge is 0.416 e. The molecule has 208 valence electrons. The van der Waals surface area contributed by atoms with Crippen LogP contribution < -0.4 is 5.32 Å². The van der Waals surface area contributed by atoms with Gasteiger partial charge in [0.2, 0.25) is 0 Å². The Morgan fingerprint density at radius 3 is 2.05 bits per heavy atom. The number of benzene rings is 2. The minimum Gasteiger partial charge on any atom is -0.444 e. The summed E-state index contributed by atoms with van der Waals surface area (Å²) in [7, 11) is 0. The number of aryl methyl sites for hydroxylation is 1. The van der Waals surface area contributed by atoms with Crippen LogP contribution in [0.4, 0.5) is 31.1 Å². The molecular formula is C26H27ClF6N2O3. The first-order chi connectivity index (χ1) is 17.3. The van der Waals surface area contributed by atoms with E-state index >= 15 is 0 Å². The summed E-state index contributed by atoms with van der Waals surface area (Å²) in [5, 5.41) is 3.01. The average Bonchev–Trinajstić information content (AvgIpc) is 2.78. The number of alkyl halides is 6. The highest BCUT2D eigenvalue weighted by Crippen LogP contribution is 2.37. The maximum absolute atomic E-state index is 13.3. The summed E-state index contributed by atoms with van der Waals surface area (Å²) in [6.07, 6.45) is -10.6. The topological polar surface area (TPSA) is 58.6 Å². The number of nitrogens with zero attached hydrogens (tertiary/aromatic N) is 1. The Kier molecular flexibility index (Phi) is 8.31. The second-order valence-corrected chi connectivity index (χ2v) is 10.6. The molecule has 2 aromatic carbocycles. The molecule has 1 heterocycles. The quantitative estimate of drug-likeness (QED) is 0.401. The van der Waals surface area contributed by atoms with Crippen molar-refractivity contribution in [3.05, 3.63) is 69.2 Å². The minimum absolute atomic E-state index is 0.0345. The molecular weight excluding hydrogens is 538 g/mol. The molecule has 3 rings (SSSR count). The van der Waals surface area contributed by atoms with Gasteiger partial charge < -0.3 is 15.0 Å². The molecule has 0 saturated carbocycles. The van der Waals surface area contributed by atoms with Crippen LogP contribution in [0.3, 0.4) is 0 Å². The Morgan fingerprint density at radius 2 is 1.55 bits per heavy atom. The summed E-state index contributed by atoms with van der Waals surface area (Å²) < 4.78 is 85.2. The van der Waals surface area contributed by atoms with Crippen molar-refractivity contribution >= 4 is 23.6 Å². The van der Waals surface area contributed by atoms with Crippen LogP contribution in [0, 0.1) is 6.92 Å². The van der Waals surface area contributed by atoms with E-state index in [9.17, 15) is 35.9 Å². The van der Waals surface area contributed by atoms with Crippen molar-refractivity contribution in [2.75, 3.05) is 13.1 Å². The van der Waals surface area contributed by atoms with Crippen molar-refractivity contribution in [1.29, 1.82) is 0 Å². The summed E-state index contributed by atoms with van der Waals surface area (Å²) in [4.78, 5) is 27.1. The first kappa shape index (κ1) is 29.6. The van der Waals surface area contributed by atoms with Crippen molar-refractivity contribution in [1.82, 2.24) is 10.2 Å². The molecule has 1 aliphatic heterocycles. The third-order valence-electron chi connectivity index (χ3n) is 6.05. The number of nitrogens with one attached hydrogen (secondary N) is 1. The molecule has 2 amide bonds. The molecule has 0 unspecified atom stereocenters. The Labute approximate surface area is 221 Å². The van der Waals surface area contributed by atoms with Gasteiger partial charge in [-0.25, -0.2) is 4.79 Å². The van der Waals surface area contributed by atoms with E-state index in [4.69, 9.17) is 16.3 Å². The van der Waals surface area contributed by atoms with Crippen molar-refractivity contribution in [2.45, 2.75) is 64.0 Å². The lowest BCUT2D eigenvalue weighted by Crippen LogP contribution is -2.52. The van der Waals surface area contributed by atoms with Gasteiger partial charge in [-0.05, 0) is 69.5 Å². The van der Waals surface area contributed by atoms with Crippen molar-refractivity contribution in [3.8, 4) is 0 Å². The number of carbonyl (C=O) groups is 2. The van der Waals surface area contributed by atoms with Gasteiger partial charge in [-0.3, -0.25) is 4.79 Å². The van der Waals surface area contributed by atoms with Crippen LogP contribution in [0.25, 0.3) is 0 Å². The molecule has 1 saturated heterocycles. The predicted octanol–water partition coefficient (Wildman–Crippen LogP) is 7.21. The van der Waals surface area contributed by atoms with E-state index in [1.165, 1.54) is 4.90 Å². The van der Waals surface area contributed by atoms with Gasteiger partial charge in [0.25, 0.3) is 5.91 Å². The first-order valence-electron chi connectivity index (χ1n) is 11.7. The average molecular weight is 565 g/mol. The van der Waals surface area contributed by atoms with Crippen molar-refractivity contribution in [3.63, 3.8) is 0 Å². The monoisotopic (exact) mass is 564 g/mol. The van der Waals surface area contributed by atoms with Gasteiger partial charge >= 0.3 is 18.4 Å². The third-order valence-corrected chi connectivity index (χ3v) is 6.46. The first-order valence-corrected chi connectivity index (χ1v) is 12.1. The second kappa shape index (κ2) is 10.7. The lowest BCUT2D eigenvalue weighted by Gasteiger charge is -2.39. The third kappa shape index (κ3) is 7.33. The largest absolute Gasteiger partial charge is 0.444 e. The van der Waals surface area contributed by atoms with Crippen LogP contribution in [-0.2, 0) is 17.1 Å². The van der Waals surface area contributed by atoms with E-state index in [0.29, 0.717) is 22.7 Å². The van der Waals surface area contributed by atoms with Gasteiger partial charge in [0.15, 0.2) is 0 Å². The number of amides is 2. The Hall–Kier alpha value is -2.95.